The van der Waals surface area contributed by atoms with Crippen molar-refractivity contribution in [2.45, 2.75) is 13.3 Å². The lowest BCUT2D eigenvalue weighted by atomic mass is 10.1. The second kappa shape index (κ2) is 6.32. The van der Waals surface area contributed by atoms with Crippen LogP contribution in [-0.2, 0) is 6.42 Å². The van der Waals surface area contributed by atoms with Gasteiger partial charge in [0.1, 0.15) is 5.69 Å². The molecule has 0 N–H and O–H groups in total. The van der Waals surface area contributed by atoms with Gasteiger partial charge in [-0.25, -0.2) is 0 Å². The minimum Gasteiger partial charge on any atom is -0.492 e. The number of hydrogen-bond acceptors (Lipinski definition) is 5. The Morgan fingerprint density at radius 3 is 2.48 bits per heavy atom. The highest BCUT2D eigenvalue weighted by molar-refractivity contribution is 5.71. The second-order valence-corrected chi connectivity index (χ2v) is 5.55. The van der Waals surface area contributed by atoms with E-state index >= 15 is 0 Å². The van der Waals surface area contributed by atoms with Crippen LogP contribution in [-0.4, -0.2) is 31.9 Å². The van der Waals surface area contributed by atoms with Crippen LogP contribution in [0.3, 0.4) is 0 Å². The Morgan fingerprint density at radius 2 is 1.80 bits per heavy atom. The lowest BCUT2D eigenvalue weighted by Gasteiger charge is -2.13. The topological polar surface area (TPSA) is 65.2 Å². The van der Waals surface area contributed by atoms with Crippen molar-refractivity contribution < 1.29 is 4.74 Å². The molecule has 0 aliphatic heterocycles. The second-order valence-electron chi connectivity index (χ2n) is 5.55. The largest absolute Gasteiger partial charge is 0.492 e. The van der Waals surface area contributed by atoms with E-state index < -0.39 is 0 Å². The van der Waals surface area contributed by atoms with Gasteiger partial charge >= 0.3 is 0 Å². The minimum atomic E-state index is 0.609. The van der Waals surface area contributed by atoms with E-state index in [-0.39, 0.29) is 0 Å². The summed E-state index contributed by atoms with van der Waals surface area (Å²) in [6, 6.07) is 15.6. The summed E-state index contributed by atoms with van der Waals surface area (Å²) in [5.41, 5.74) is 4.11. The number of methoxy groups -OCH3 is 1. The molecular formula is C19H17N5O. The molecule has 0 saturated heterocycles. The Hall–Kier alpha value is -3.28. The zero-order valence-corrected chi connectivity index (χ0v) is 14.0. The normalized spacial score (nSPS) is 11.0. The van der Waals surface area contributed by atoms with Gasteiger partial charge in [-0.05, 0) is 18.6 Å². The Bertz CT molecular complexity index is 1010. The number of benzene rings is 1. The maximum Gasteiger partial charge on any atom is 0.220 e. The van der Waals surface area contributed by atoms with Gasteiger partial charge in [0, 0.05) is 17.3 Å². The van der Waals surface area contributed by atoms with E-state index in [1.54, 1.807) is 17.8 Å². The molecule has 1 aromatic carbocycles. The van der Waals surface area contributed by atoms with Crippen LogP contribution in [0.5, 0.6) is 5.75 Å². The van der Waals surface area contributed by atoms with Gasteiger partial charge in [0.05, 0.1) is 12.8 Å². The summed E-state index contributed by atoms with van der Waals surface area (Å²) in [5, 5.41) is 13.5. The third-order valence-electron chi connectivity index (χ3n) is 4.10. The average Bonchev–Trinajstić information content (AvgIpc) is 3.11. The van der Waals surface area contributed by atoms with Crippen molar-refractivity contribution in [3.8, 4) is 28.5 Å². The molecule has 6 nitrogen and oxygen atoms in total. The van der Waals surface area contributed by atoms with Crippen molar-refractivity contribution in [3.05, 3.63) is 60.3 Å². The molecule has 6 heteroatoms. The maximum atomic E-state index is 5.67. The predicted molar refractivity (Wildman–Crippen MR) is 95.4 cm³/mol. The zero-order chi connectivity index (χ0) is 17.2. The van der Waals surface area contributed by atoms with Crippen LogP contribution in [0.25, 0.3) is 28.4 Å². The first-order valence-corrected chi connectivity index (χ1v) is 8.12. The number of aromatic nitrogens is 5. The van der Waals surface area contributed by atoms with E-state index in [0.29, 0.717) is 17.2 Å². The van der Waals surface area contributed by atoms with E-state index in [0.717, 1.165) is 28.9 Å². The summed E-state index contributed by atoms with van der Waals surface area (Å²) >= 11 is 0. The highest BCUT2D eigenvalue weighted by Crippen LogP contribution is 2.32. The molecule has 0 spiro atoms. The van der Waals surface area contributed by atoms with Gasteiger partial charge in [-0.15, -0.1) is 10.2 Å². The quantitative estimate of drug-likeness (QED) is 0.573. The van der Waals surface area contributed by atoms with Gasteiger partial charge in [0.25, 0.3) is 0 Å². The summed E-state index contributed by atoms with van der Waals surface area (Å²) in [5.74, 6) is 1.36. The zero-order valence-electron chi connectivity index (χ0n) is 14.0. The Labute approximate surface area is 145 Å². The Morgan fingerprint density at radius 1 is 1.00 bits per heavy atom. The van der Waals surface area contributed by atoms with Crippen molar-refractivity contribution in [2.75, 3.05) is 7.11 Å². The number of hydrogen-bond donors (Lipinski definition) is 0. The highest BCUT2D eigenvalue weighted by atomic mass is 16.5. The molecule has 0 atom stereocenters. The van der Waals surface area contributed by atoms with Gasteiger partial charge in [-0.2, -0.15) is 9.61 Å². The molecule has 4 aromatic rings. The summed E-state index contributed by atoms with van der Waals surface area (Å²) in [6.07, 6.45) is 2.52. The summed E-state index contributed by atoms with van der Waals surface area (Å²) in [6.45, 7) is 2.07. The van der Waals surface area contributed by atoms with Crippen molar-refractivity contribution in [1.82, 2.24) is 24.8 Å². The smallest absolute Gasteiger partial charge is 0.220 e. The Kier molecular flexibility index (Phi) is 3.85. The molecule has 0 unspecified atom stereocenters. The van der Waals surface area contributed by atoms with Crippen LogP contribution in [0.2, 0.25) is 0 Å². The van der Waals surface area contributed by atoms with Crippen LogP contribution in [0, 0.1) is 0 Å². The number of rotatable bonds is 4. The number of fused-ring (bicyclic) bond motifs is 1. The third-order valence-corrected chi connectivity index (χ3v) is 4.10. The number of nitrogens with zero attached hydrogens (tertiary/aromatic N) is 5. The SMILES string of the molecule is CCc1c(-c2ccccn2)nn2c(-c3ccccc3)nnc2c1OC. The average molecular weight is 331 g/mol. The molecule has 3 aromatic heterocycles. The van der Waals surface area contributed by atoms with E-state index in [4.69, 9.17) is 9.84 Å². The van der Waals surface area contributed by atoms with Gasteiger partial charge in [0.15, 0.2) is 11.6 Å². The maximum absolute atomic E-state index is 5.67. The third kappa shape index (κ3) is 2.52. The van der Waals surface area contributed by atoms with Crippen LogP contribution in [0.15, 0.2) is 54.7 Å². The van der Waals surface area contributed by atoms with Crippen molar-refractivity contribution in [1.29, 1.82) is 0 Å². The molecular weight excluding hydrogens is 314 g/mol. The van der Waals surface area contributed by atoms with Crippen LogP contribution < -0.4 is 4.74 Å². The predicted octanol–water partition coefficient (Wildman–Crippen LogP) is 3.42. The molecule has 0 radical (unpaired) electrons. The van der Waals surface area contributed by atoms with Gasteiger partial charge in [0.2, 0.25) is 5.65 Å². The first kappa shape index (κ1) is 15.3. The van der Waals surface area contributed by atoms with Gasteiger partial charge < -0.3 is 4.74 Å². The van der Waals surface area contributed by atoms with Crippen LogP contribution in [0.1, 0.15) is 12.5 Å². The summed E-state index contributed by atoms with van der Waals surface area (Å²) in [7, 11) is 1.65. The van der Waals surface area contributed by atoms with Crippen molar-refractivity contribution in [3.63, 3.8) is 0 Å². The van der Waals surface area contributed by atoms with E-state index in [9.17, 15) is 0 Å². The molecule has 0 aliphatic rings. The highest BCUT2D eigenvalue weighted by Gasteiger charge is 2.21. The Balaban J connectivity index is 2.05. The van der Waals surface area contributed by atoms with E-state index in [2.05, 4.69) is 22.1 Å². The monoisotopic (exact) mass is 331 g/mol. The fraction of sp³-hybridized carbons (Fsp3) is 0.158. The number of pyridine rings is 1. The first-order valence-electron chi connectivity index (χ1n) is 8.12. The van der Waals surface area contributed by atoms with E-state index in [1.807, 2.05) is 48.5 Å². The fourth-order valence-electron chi connectivity index (χ4n) is 2.94. The van der Waals surface area contributed by atoms with Crippen molar-refractivity contribution in [2.24, 2.45) is 0 Å². The first-order chi connectivity index (χ1) is 12.3. The minimum absolute atomic E-state index is 0.609. The van der Waals surface area contributed by atoms with Gasteiger partial charge in [-0.1, -0.05) is 43.3 Å². The van der Waals surface area contributed by atoms with E-state index in [1.165, 1.54) is 0 Å². The molecule has 0 saturated carbocycles. The summed E-state index contributed by atoms with van der Waals surface area (Å²) in [4.78, 5) is 4.45. The lowest BCUT2D eigenvalue weighted by Crippen LogP contribution is -2.05. The summed E-state index contributed by atoms with van der Waals surface area (Å²) < 4.78 is 7.40. The van der Waals surface area contributed by atoms with Gasteiger partial charge in [-0.3, -0.25) is 4.98 Å². The van der Waals surface area contributed by atoms with Crippen LogP contribution in [0.4, 0.5) is 0 Å². The molecule has 0 aliphatic carbocycles. The van der Waals surface area contributed by atoms with Crippen LogP contribution >= 0.6 is 0 Å². The molecule has 0 amide bonds. The molecule has 124 valence electrons. The molecule has 4 rings (SSSR count). The molecule has 0 fully saturated rings. The fourth-order valence-corrected chi connectivity index (χ4v) is 2.94. The molecule has 3 heterocycles. The standard InChI is InChI=1S/C19H17N5O/c1-3-14-16(15-11-7-8-12-20-15)23-24-18(13-9-5-4-6-10-13)21-22-19(24)17(14)25-2/h4-12H,3H2,1-2H3. The lowest BCUT2D eigenvalue weighted by molar-refractivity contribution is 0.411. The molecule has 25 heavy (non-hydrogen) atoms. The molecule has 0 bridgehead atoms. The number of ether oxygens (including phenoxy) is 1. The van der Waals surface area contributed by atoms with Crippen molar-refractivity contribution >= 4 is 5.65 Å².